The van der Waals surface area contributed by atoms with Crippen LogP contribution in [-0.2, 0) is 75.8 Å². The molecule has 0 saturated heterocycles. The summed E-state index contributed by atoms with van der Waals surface area (Å²) in [6, 6.07) is 0. The molecular weight excluding hydrogens is 704 g/mol. The average molecular weight is 775 g/mol. The van der Waals surface area contributed by atoms with Crippen LogP contribution in [0.1, 0.15) is 20.3 Å². The molecule has 17 heteroatoms. The third kappa shape index (κ3) is 44.9. The Bertz CT molecular complexity index is 747. The van der Waals surface area contributed by atoms with Gasteiger partial charge in [0.15, 0.2) is 0 Å². The lowest BCUT2D eigenvalue weighted by atomic mass is 10.3. The molecule has 0 aromatic heterocycles. The summed E-state index contributed by atoms with van der Waals surface area (Å²) in [5.74, 6) is -0.288. The van der Waals surface area contributed by atoms with E-state index in [0.717, 1.165) is 0 Å². The minimum Gasteiger partial charge on any atom is -0.462 e. The Balaban J connectivity index is 3.08. The van der Waals surface area contributed by atoms with Gasteiger partial charge in [0.2, 0.25) is 0 Å². The van der Waals surface area contributed by atoms with Crippen LogP contribution in [0.25, 0.3) is 0 Å². The van der Waals surface area contributed by atoms with Crippen molar-refractivity contribution >= 4 is 5.97 Å². The molecule has 0 rings (SSSR count). The van der Waals surface area contributed by atoms with E-state index in [1.807, 2.05) is 0 Å². The van der Waals surface area contributed by atoms with Crippen LogP contribution in [0, 0.1) is 0 Å². The van der Waals surface area contributed by atoms with Gasteiger partial charge in [-0.25, -0.2) is 4.79 Å². The third-order valence-electron chi connectivity index (χ3n) is 6.49. The van der Waals surface area contributed by atoms with Gasteiger partial charge in [0.1, 0.15) is 0 Å². The number of carbonyl (C=O) groups excluding carboxylic acids is 1. The van der Waals surface area contributed by atoms with Crippen LogP contribution in [0.4, 0.5) is 0 Å². The first-order valence-corrected chi connectivity index (χ1v) is 18.7. The molecule has 53 heavy (non-hydrogen) atoms. The lowest BCUT2D eigenvalue weighted by Gasteiger charge is -2.09. The highest BCUT2D eigenvalue weighted by atomic mass is 16.6. The maximum Gasteiger partial charge on any atom is 0.333 e. The Kier molecular flexibility index (Phi) is 45.5. The molecule has 0 aliphatic rings. The zero-order chi connectivity index (χ0) is 38.4. The molecule has 0 radical (unpaired) electrons. The second kappa shape index (κ2) is 46.8. The van der Waals surface area contributed by atoms with E-state index in [-0.39, 0.29) is 12.6 Å². The Labute approximate surface area is 316 Å². The number of carbonyl (C=O) groups is 1. The van der Waals surface area contributed by atoms with Crippen molar-refractivity contribution < 1.29 is 81.0 Å². The average Bonchev–Trinajstić information content (AvgIpc) is 3.17. The maximum absolute atomic E-state index is 11.5. The van der Waals surface area contributed by atoms with Crippen LogP contribution in [0.3, 0.4) is 0 Å². The third-order valence-corrected chi connectivity index (χ3v) is 6.49. The van der Waals surface area contributed by atoms with Crippen molar-refractivity contribution in [3.8, 4) is 0 Å². The van der Waals surface area contributed by atoms with Crippen LogP contribution in [0.2, 0.25) is 0 Å². The van der Waals surface area contributed by atoms with Crippen molar-refractivity contribution in [2.24, 2.45) is 0 Å². The molecule has 0 aliphatic heterocycles. The summed E-state index contributed by atoms with van der Waals surface area (Å²) in [4.78, 5) is 11.5. The molecule has 17 nitrogen and oxygen atoms in total. The normalized spacial score (nSPS) is 11.9. The Morgan fingerprint density at radius 1 is 0.358 bits per heavy atom. The van der Waals surface area contributed by atoms with Gasteiger partial charge in [-0.05, 0) is 13.8 Å². The minimum absolute atomic E-state index is 0.0207. The highest BCUT2D eigenvalue weighted by Crippen LogP contribution is 1.97. The van der Waals surface area contributed by atoms with Gasteiger partial charge in [0, 0.05) is 18.6 Å². The van der Waals surface area contributed by atoms with Crippen LogP contribution >= 0.6 is 0 Å². The quantitative estimate of drug-likeness (QED) is 0.0529. The number of hydrogen-bond donors (Lipinski definition) is 1. The van der Waals surface area contributed by atoms with Gasteiger partial charge in [0.25, 0.3) is 0 Å². The molecule has 0 aromatic rings. The fourth-order valence-electron chi connectivity index (χ4n) is 3.58. The number of aliphatic hydroxyl groups excluding tert-OH is 1. The second-order valence-corrected chi connectivity index (χ2v) is 10.8. The number of rotatable bonds is 46. The Morgan fingerprint density at radius 2 is 0.566 bits per heavy atom. The van der Waals surface area contributed by atoms with E-state index in [1.165, 1.54) is 0 Å². The van der Waals surface area contributed by atoms with E-state index in [2.05, 4.69) is 0 Å². The summed E-state index contributed by atoms with van der Waals surface area (Å²) < 4.78 is 81.1. The second-order valence-electron chi connectivity index (χ2n) is 10.8. The fourth-order valence-corrected chi connectivity index (χ4v) is 3.58. The molecule has 0 aromatic carbocycles. The van der Waals surface area contributed by atoms with E-state index in [1.54, 1.807) is 19.9 Å². The van der Waals surface area contributed by atoms with Crippen molar-refractivity contribution in [1.29, 1.82) is 0 Å². The standard InChI is InChI=1S/C36H70O17/c1-3-35(2)36(38)53-7-4-6-39-9-11-41-13-15-43-17-19-45-21-23-47-25-27-49-29-31-51-33-34-52-32-30-50-28-26-48-24-22-46-20-18-44-16-14-42-12-10-40-8-5-37/h3,37H,4-34H2,1-2H3. The van der Waals surface area contributed by atoms with Gasteiger partial charge in [-0.3, -0.25) is 0 Å². The highest BCUT2D eigenvalue weighted by Gasteiger charge is 2.03. The summed E-state index contributed by atoms with van der Waals surface area (Å²) >= 11 is 0. The van der Waals surface area contributed by atoms with E-state index in [4.69, 9.17) is 76.2 Å². The number of esters is 1. The smallest absolute Gasteiger partial charge is 0.333 e. The first-order valence-electron chi connectivity index (χ1n) is 18.7. The topological polar surface area (TPSA) is 176 Å². The summed E-state index contributed by atoms with van der Waals surface area (Å²) in [5, 5.41) is 8.59. The first-order chi connectivity index (χ1) is 26.2. The van der Waals surface area contributed by atoms with Crippen LogP contribution in [0.15, 0.2) is 11.6 Å². The fraction of sp³-hybridized carbons (Fsp3) is 0.917. The number of allylic oxidation sites excluding steroid dienone is 1. The number of aliphatic hydroxyl groups is 1. The highest BCUT2D eigenvalue weighted by molar-refractivity contribution is 5.87. The van der Waals surface area contributed by atoms with Gasteiger partial charge in [-0.15, -0.1) is 0 Å². The molecule has 0 aliphatic carbocycles. The molecule has 0 saturated carbocycles. The lowest BCUT2D eigenvalue weighted by molar-refractivity contribution is -0.139. The van der Waals surface area contributed by atoms with Gasteiger partial charge in [0.05, 0.1) is 192 Å². The molecule has 0 fully saturated rings. The summed E-state index contributed by atoms with van der Waals surface area (Å²) in [5.41, 5.74) is 0.604. The predicted molar refractivity (Wildman–Crippen MR) is 194 cm³/mol. The van der Waals surface area contributed by atoms with Crippen molar-refractivity contribution in [1.82, 2.24) is 0 Å². The van der Waals surface area contributed by atoms with Crippen LogP contribution < -0.4 is 0 Å². The molecule has 0 heterocycles. The predicted octanol–water partition coefficient (Wildman–Crippen LogP) is 1.11. The van der Waals surface area contributed by atoms with Gasteiger partial charge < -0.3 is 76.2 Å². The van der Waals surface area contributed by atoms with Crippen LogP contribution in [-0.4, -0.2) is 209 Å². The Morgan fingerprint density at radius 3 is 0.774 bits per heavy atom. The number of ether oxygens (including phenoxy) is 15. The zero-order valence-electron chi connectivity index (χ0n) is 32.5. The molecule has 0 spiro atoms. The molecule has 0 atom stereocenters. The monoisotopic (exact) mass is 774 g/mol. The van der Waals surface area contributed by atoms with E-state index in [0.29, 0.717) is 204 Å². The molecular formula is C36H70O17. The zero-order valence-corrected chi connectivity index (χ0v) is 32.5. The largest absolute Gasteiger partial charge is 0.462 e. The number of hydrogen-bond acceptors (Lipinski definition) is 17. The summed E-state index contributed by atoms with van der Waals surface area (Å²) in [6.07, 6.45) is 2.38. The van der Waals surface area contributed by atoms with Gasteiger partial charge in [-0.2, -0.15) is 0 Å². The summed E-state index contributed by atoms with van der Waals surface area (Å²) in [7, 11) is 0. The molecule has 0 bridgehead atoms. The van der Waals surface area contributed by atoms with E-state index < -0.39 is 0 Å². The molecule has 1 N–H and O–H groups in total. The molecule has 316 valence electrons. The SMILES string of the molecule is CC=C(C)C(=O)OCCCOCCOCCOCCOCCOCCOCCOCCOCCOCCOCCOCCOCCOCCOCCO. The first kappa shape index (κ1) is 51.6. The van der Waals surface area contributed by atoms with Crippen molar-refractivity contribution in [2.45, 2.75) is 20.3 Å². The van der Waals surface area contributed by atoms with Crippen molar-refractivity contribution in [3.63, 3.8) is 0 Å². The Hall–Kier alpha value is -1.39. The summed E-state index contributed by atoms with van der Waals surface area (Å²) in [6.45, 7) is 17.5. The van der Waals surface area contributed by atoms with Gasteiger partial charge in [-0.1, -0.05) is 6.08 Å². The van der Waals surface area contributed by atoms with E-state index >= 15 is 0 Å². The van der Waals surface area contributed by atoms with Gasteiger partial charge >= 0.3 is 5.97 Å². The molecule has 0 amide bonds. The maximum atomic E-state index is 11.5. The van der Waals surface area contributed by atoms with Crippen molar-refractivity contribution in [3.05, 3.63) is 11.6 Å². The van der Waals surface area contributed by atoms with E-state index in [9.17, 15) is 4.79 Å². The molecule has 0 unspecified atom stereocenters. The minimum atomic E-state index is -0.288. The van der Waals surface area contributed by atoms with Crippen molar-refractivity contribution in [2.75, 3.05) is 198 Å². The lowest BCUT2D eigenvalue weighted by Crippen LogP contribution is -2.15. The van der Waals surface area contributed by atoms with Crippen LogP contribution in [0.5, 0.6) is 0 Å².